The Hall–Kier alpha value is -3.96. The van der Waals surface area contributed by atoms with E-state index in [9.17, 15) is 14.7 Å². The van der Waals surface area contributed by atoms with Gasteiger partial charge in [0, 0.05) is 10.4 Å². The smallest absolute Gasteiger partial charge is 0.336 e. The summed E-state index contributed by atoms with van der Waals surface area (Å²) in [5.41, 5.74) is 8.69. The molecule has 39 heavy (non-hydrogen) atoms. The average Bonchev–Trinajstić information content (AvgIpc) is 3.46. The Balaban J connectivity index is 0.000000277. The summed E-state index contributed by atoms with van der Waals surface area (Å²) in [6.45, 7) is 16.4. The summed E-state index contributed by atoms with van der Waals surface area (Å²) in [5.74, 6) is -0.964. The van der Waals surface area contributed by atoms with Gasteiger partial charge in [-0.1, -0.05) is 67.6 Å². The molecule has 0 fully saturated rings. The first-order valence-electron chi connectivity index (χ1n) is 13.0. The number of hydrogen-bond acceptors (Lipinski definition) is 3. The molecule has 0 radical (unpaired) electrons. The fraction of sp³-hybridized carbons (Fsp3) is 0.235. The maximum absolute atomic E-state index is 12.3. The molecule has 0 atom stereocenters. The SMILES string of the molecule is C=C/C=C(C(=O)O)\C(=C/C)c1ccc(CC)cc1.CC(C)=C(C)c1cc(C(=O)NCc2cccs2)ccc1C. The van der Waals surface area contributed by atoms with Gasteiger partial charge in [0.15, 0.2) is 0 Å². The first kappa shape index (κ1) is 31.3. The zero-order valence-corrected chi connectivity index (χ0v) is 24.6. The van der Waals surface area contributed by atoms with Crippen molar-refractivity contribution in [2.24, 2.45) is 0 Å². The van der Waals surface area contributed by atoms with E-state index in [0.717, 1.165) is 22.4 Å². The zero-order chi connectivity index (χ0) is 28.9. The van der Waals surface area contributed by atoms with E-state index < -0.39 is 5.97 Å². The van der Waals surface area contributed by atoms with Crippen molar-refractivity contribution in [1.82, 2.24) is 5.32 Å². The number of nitrogens with one attached hydrogen (secondary N) is 1. The van der Waals surface area contributed by atoms with Gasteiger partial charge in [-0.2, -0.15) is 0 Å². The number of rotatable bonds is 9. The van der Waals surface area contributed by atoms with Crippen molar-refractivity contribution < 1.29 is 14.7 Å². The predicted molar refractivity (Wildman–Crippen MR) is 166 cm³/mol. The number of carbonyl (C=O) groups excluding carboxylic acids is 1. The molecular weight excluding hydrogens is 502 g/mol. The second-order valence-electron chi connectivity index (χ2n) is 9.29. The molecule has 2 N–H and O–H groups in total. The van der Waals surface area contributed by atoms with Crippen molar-refractivity contribution in [3.63, 3.8) is 0 Å². The van der Waals surface area contributed by atoms with Crippen molar-refractivity contribution >= 4 is 34.4 Å². The number of carboxylic acids is 1. The number of hydrogen-bond donors (Lipinski definition) is 2. The van der Waals surface area contributed by atoms with E-state index in [1.165, 1.54) is 34.4 Å². The second kappa shape index (κ2) is 15.5. The molecule has 1 amide bonds. The molecule has 1 heterocycles. The summed E-state index contributed by atoms with van der Waals surface area (Å²) < 4.78 is 0. The highest BCUT2D eigenvalue weighted by atomic mass is 32.1. The van der Waals surface area contributed by atoms with Crippen LogP contribution >= 0.6 is 11.3 Å². The molecule has 0 saturated heterocycles. The van der Waals surface area contributed by atoms with E-state index in [4.69, 9.17) is 0 Å². The van der Waals surface area contributed by atoms with Crippen molar-refractivity contribution in [2.45, 2.75) is 54.5 Å². The number of allylic oxidation sites excluding steroid dienone is 5. The minimum atomic E-state index is -0.942. The van der Waals surface area contributed by atoms with Gasteiger partial charge >= 0.3 is 5.97 Å². The van der Waals surface area contributed by atoms with Crippen LogP contribution in [0.3, 0.4) is 0 Å². The van der Waals surface area contributed by atoms with E-state index in [-0.39, 0.29) is 11.5 Å². The quantitative estimate of drug-likeness (QED) is 0.210. The van der Waals surface area contributed by atoms with Gasteiger partial charge in [0.05, 0.1) is 12.1 Å². The molecule has 0 unspecified atom stereocenters. The van der Waals surface area contributed by atoms with E-state index in [1.54, 1.807) is 11.3 Å². The van der Waals surface area contributed by atoms with Crippen LogP contribution in [0.5, 0.6) is 0 Å². The van der Waals surface area contributed by atoms with Gasteiger partial charge in [0.25, 0.3) is 5.91 Å². The van der Waals surface area contributed by atoms with E-state index in [1.807, 2.05) is 73.0 Å². The third kappa shape index (κ3) is 9.08. The number of benzene rings is 2. The molecule has 0 bridgehead atoms. The van der Waals surface area contributed by atoms with Crippen molar-refractivity contribution in [3.05, 3.63) is 129 Å². The number of carboxylic acid groups (broad SMARTS) is 1. The largest absolute Gasteiger partial charge is 0.478 e. The van der Waals surface area contributed by atoms with Gasteiger partial charge in [-0.05, 0) is 104 Å². The van der Waals surface area contributed by atoms with Crippen molar-refractivity contribution in [3.8, 4) is 0 Å². The minimum Gasteiger partial charge on any atom is -0.478 e. The van der Waals surface area contributed by atoms with Gasteiger partial charge in [-0.25, -0.2) is 4.79 Å². The number of carbonyl (C=O) groups is 2. The van der Waals surface area contributed by atoms with Crippen LogP contribution in [-0.2, 0) is 17.8 Å². The van der Waals surface area contributed by atoms with Gasteiger partial charge in [-0.15, -0.1) is 11.3 Å². The van der Waals surface area contributed by atoms with Crippen molar-refractivity contribution in [1.29, 1.82) is 0 Å². The van der Waals surface area contributed by atoms with Gasteiger partial charge < -0.3 is 10.4 Å². The van der Waals surface area contributed by atoms with Crippen molar-refractivity contribution in [2.75, 3.05) is 0 Å². The Bertz CT molecular complexity index is 1370. The maximum atomic E-state index is 12.3. The lowest BCUT2D eigenvalue weighted by molar-refractivity contribution is -0.132. The standard InChI is InChI=1S/C18H21NOS.C16H18O2/c1-12(2)14(4)17-10-15(8-7-13(17)3)18(20)19-11-16-6-5-9-21-16;1-4-7-15(16(17)18)14(6-3)13-10-8-12(5-2)9-11-13/h5-10H,11H2,1-4H3,(H,19,20);4,6-11H,1,5H2,2-3H3,(H,17,18)/b;14-6-,15-7+. The van der Waals surface area contributed by atoms with Crippen LogP contribution in [0.15, 0.2) is 95.9 Å². The second-order valence-corrected chi connectivity index (χ2v) is 10.3. The van der Waals surface area contributed by atoms with E-state index in [0.29, 0.717) is 17.7 Å². The normalized spacial score (nSPS) is 11.2. The summed E-state index contributed by atoms with van der Waals surface area (Å²) in [7, 11) is 0. The Morgan fingerprint density at radius 1 is 1.03 bits per heavy atom. The van der Waals surface area contributed by atoms with Crippen LogP contribution in [-0.4, -0.2) is 17.0 Å². The Labute approximate surface area is 237 Å². The van der Waals surface area contributed by atoms with Crippen LogP contribution in [0.4, 0.5) is 0 Å². The fourth-order valence-electron chi connectivity index (χ4n) is 3.91. The summed E-state index contributed by atoms with van der Waals surface area (Å²) in [6, 6.07) is 17.9. The maximum Gasteiger partial charge on any atom is 0.336 e. The molecule has 3 rings (SSSR count). The zero-order valence-electron chi connectivity index (χ0n) is 23.8. The van der Waals surface area contributed by atoms with Crippen LogP contribution in [0.2, 0.25) is 0 Å². The van der Waals surface area contributed by atoms with E-state index >= 15 is 0 Å². The topological polar surface area (TPSA) is 66.4 Å². The lowest BCUT2D eigenvalue weighted by Gasteiger charge is -2.11. The number of amides is 1. The molecule has 3 aromatic rings. The molecule has 0 aliphatic rings. The molecule has 0 aliphatic heterocycles. The third-order valence-corrected chi connectivity index (χ3v) is 7.30. The van der Waals surface area contributed by atoms with E-state index in [2.05, 4.69) is 46.5 Å². The highest BCUT2D eigenvalue weighted by Crippen LogP contribution is 2.25. The van der Waals surface area contributed by atoms with Crippen LogP contribution in [0.25, 0.3) is 11.1 Å². The summed E-state index contributed by atoms with van der Waals surface area (Å²) in [6.07, 6.45) is 5.79. The number of thiophene rings is 1. The fourth-order valence-corrected chi connectivity index (χ4v) is 4.56. The Kier molecular flexibility index (Phi) is 12.4. The summed E-state index contributed by atoms with van der Waals surface area (Å²) in [4.78, 5) is 24.7. The predicted octanol–water partition coefficient (Wildman–Crippen LogP) is 8.65. The van der Waals surface area contributed by atoms with Crippen LogP contribution in [0, 0.1) is 6.92 Å². The molecule has 0 aliphatic carbocycles. The third-order valence-electron chi connectivity index (χ3n) is 6.42. The molecule has 2 aromatic carbocycles. The molecule has 0 saturated carbocycles. The summed E-state index contributed by atoms with van der Waals surface area (Å²) >= 11 is 1.65. The van der Waals surface area contributed by atoms with Crippen LogP contribution < -0.4 is 5.32 Å². The molecule has 1 aromatic heterocycles. The monoisotopic (exact) mass is 541 g/mol. The molecule has 0 spiro atoms. The highest BCUT2D eigenvalue weighted by Gasteiger charge is 2.13. The molecule has 4 nitrogen and oxygen atoms in total. The minimum absolute atomic E-state index is 0.0220. The van der Waals surface area contributed by atoms with Gasteiger partial charge in [0.2, 0.25) is 0 Å². The first-order valence-corrected chi connectivity index (χ1v) is 13.9. The Morgan fingerprint density at radius 2 is 1.69 bits per heavy atom. The van der Waals surface area contributed by atoms with Crippen LogP contribution in [0.1, 0.15) is 72.1 Å². The Morgan fingerprint density at radius 3 is 2.21 bits per heavy atom. The first-order chi connectivity index (χ1) is 18.6. The molecular formula is C34H39NO3S. The lowest BCUT2D eigenvalue weighted by Crippen LogP contribution is -2.22. The average molecular weight is 542 g/mol. The molecule has 5 heteroatoms. The molecule has 204 valence electrons. The number of aliphatic carboxylic acids is 1. The van der Waals surface area contributed by atoms with Gasteiger partial charge in [0.1, 0.15) is 0 Å². The lowest BCUT2D eigenvalue weighted by atomic mass is 9.96. The highest BCUT2D eigenvalue weighted by molar-refractivity contribution is 7.09. The number of aryl methyl sites for hydroxylation is 2. The van der Waals surface area contributed by atoms with Gasteiger partial charge in [-0.3, -0.25) is 4.79 Å². The summed E-state index contributed by atoms with van der Waals surface area (Å²) in [5, 5.41) is 14.2.